The van der Waals surface area contributed by atoms with Crippen molar-refractivity contribution in [3.63, 3.8) is 0 Å². The Morgan fingerprint density at radius 1 is 0.250 bits per heavy atom. The predicted molar refractivity (Wildman–Crippen MR) is 240 cm³/mol. The minimum atomic E-state index is 0.560. The van der Waals surface area contributed by atoms with Crippen molar-refractivity contribution in [2.45, 2.75) is 0 Å². The Bertz CT molecular complexity index is 3360. The Kier molecular flexibility index (Phi) is 7.67. The van der Waals surface area contributed by atoms with Crippen molar-refractivity contribution in [2.75, 3.05) is 0 Å². The monoisotopic (exact) mass is 766 g/mol. The van der Waals surface area contributed by atoms with Gasteiger partial charge in [-0.2, -0.15) is 0 Å². The van der Waals surface area contributed by atoms with Crippen molar-refractivity contribution in [1.82, 2.24) is 39.9 Å². The summed E-state index contributed by atoms with van der Waals surface area (Å²) in [6.07, 6.45) is 7.11. The van der Waals surface area contributed by atoms with Crippen LogP contribution in [0, 0.1) is 0 Å². The number of aromatic nitrogens is 8. The Morgan fingerprint density at radius 2 is 0.633 bits per heavy atom. The van der Waals surface area contributed by atoms with E-state index in [1.54, 1.807) is 24.8 Å². The lowest BCUT2D eigenvalue weighted by Gasteiger charge is -2.17. The molecule has 0 aliphatic carbocycles. The van der Waals surface area contributed by atoms with Crippen LogP contribution in [0.25, 0.3) is 122 Å². The SMILES string of the molecule is c1cncc(-c2nc(-c3cccc4ccccc34)nc(-c3ccc4ccc5c(-c6nc(-c7cccnc7)nc(-c7cccc8ccccc78)n6)ccc6ccc3c4c65)n2)c1. The molecule has 0 aliphatic heterocycles. The number of hydrogen-bond acceptors (Lipinski definition) is 8. The normalized spacial score (nSPS) is 11.7. The summed E-state index contributed by atoms with van der Waals surface area (Å²) in [5.41, 5.74) is 5.33. The lowest BCUT2D eigenvalue weighted by molar-refractivity contribution is 1.07. The summed E-state index contributed by atoms with van der Waals surface area (Å²) < 4.78 is 0. The van der Waals surface area contributed by atoms with E-state index in [-0.39, 0.29) is 0 Å². The molecule has 60 heavy (non-hydrogen) atoms. The summed E-state index contributed by atoms with van der Waals surface area (Å²) >= 11 is 0. The summed E-state index contributed by atoms with van der Waals surface area (Å²) in [7, 11) is 0. The van der Waals surface area contributed by atoms with Crippen LogP contribution in [0.2, 0.25) is 0 Å². The number of fused-ring (bicyclic) bond motifs is 2. The minimum absolute atomic E-state index is 0.560. The van der Waals surface area contributed by atoms with Crippen molar-refractivity contribution in [2.24, 2.45) is 0 Å². The van der Waals surface area contributed by atoms with Gasteiger partial charge in [-0.25, -0.2) is 29.9 Å². The third-order valence-electron chi connectivity index (χ3n) is 11.3. The highest BCUT2D eigenvalue weighted by molar-refractivity contribution is 6.27. The van der Waals surface area contributed by atoms with Crippen LogP contribution in [-0.2, 0) is 0 Å². The molecule has 0 aliphatic rings. The molecule has 0 saturated carbocycles. The highest BCUT2D eigenvalue weighted by Gasteiger charge is 2.21. The second kappa shape index (κ2) is 13.6. The summed E-state index contributed by atoms with van der Waals surface area (Å²) in [6.45, 7) is 0. The summed E-state index contributed by atoms with van der Waals surface area (Å²) in [4.78, 5) is 39.6. The van der Waals surface area contributed by atoms with Crippen LogP contribution in [0.3, 0.4) is 0 Å². The molecule has 0 N–H and O–H groups in total. The van der Waals surface area contributed by atoms with E-state index < -0.39 is 0 Å². The van der Waals surface area contributed by atoms with Gasteiger partial charge in [-0.05, 0) is 90.3 Å². The molecule has 8 aromatic carbocycles. The van der Waals surface area contributed by atoms with Crippen LogP contribution >= 0.6 is 0 Å². The molecule has 0 fully saturated rings. The molecule has 0 unspecified atom stereocenters. The van der Waals surface area contributed by atoms with Gasteiger partial charge in [-0.1, -0.05) is 121 Å². The first-order valence-electron chi connectivity index (χ1n) is 19.7. The van der Waals surface area contributed by atoms with Gasteiger partial charge in [0.15, 0.2) is 34.9 Å². The second-order valence-corrected chi connectivity index (χ2v) is 14.8. The van der Waals surface area contributed by atoms with Crippen LogP contribution in [0.4, 0.5) is 0 Å². The van der Waals surface area contributed by atoms with Gasteiger partial charge >= 0.3 is 0 Å². The Morgan fingerprint density at radius 3 is 1.07 bits per heavy atom. The van der Waals surface area contributed by atoms with Gasteiger partial charge in [0, 0.05) is 58.2 Å². The Hall–Kier alpha value is -8.36. The lowest BCUT2D eigenvalue weighted by atomic mass is 9.89. The minimum Gasteiger partial charge on any atom is -0.264 e. The fourth-order valence-corrected chi connectivity index (χ4v) is 8.51. The molecule has 0 saturated heterocycles. The fourth-order valence-electron chi connectivity index (χ4n) is 8.51. The van der Waals surface area contributed by atoms with Gasteiger partial charge in [-0.3, -0.25) is 9.97 Å². The van der Waals surface area contributed by atoms with E-state index in [2.05, 4.69) is 119 Å². The number of nitrogens with zero attached hydrogens (tertiary/aromatic N) is 8. The predicted octanol–water partition coefficient (Wildman–Crippen LogP) is 12.1. The maximum absolute atomic E-state index is 5.22. The third-order valence-corrected chi connectivity index (χ3v) is 11.3. The molecule has 8 nitrogen and oxygen atoms in total. The van der Waals surface area contributed by atoms with Crippen LogP contribution < -0.4 is 0 Å². The molecule has 0 bridgehead atoms. The Labute approximate surface area is 343 Å². The third kappa shape index (κ3) is 5.54. The van der Waals surface area contributed by atoms with Gasteiger partial charge in [0.05, 0.1) is 0 Å². The van der Waals surface area contributed by atoms with Gasteiger partial charge < -0.3 is 0 Å². The van der Waals surface area contributed by atoms with Gasteiger partial charge in [0.2, 0.25) is 0 Å². The molecular formula is C52H30N8. The van der Waals surface area contributed by atoms with Crippen molar-refractivity contribution < 1.29 is 0 Å². The highest BCUT2D eigenvalue weighted by Crippen LogP contribution is 2.42. The molecule has 278 valence electrons. The maximum Gasteiger partial charge on any atom is 0.165 e. The molecule has 0 atom stereocenters. The average molecular weight is 767 g/mol. The zero-order valence-corrected chi connectivity index (χ0v) is 31.9. The van der Waals surface area contributed by atoms with E-state index >= 15 is 0 Å². The molecule has 4 aromatic heterocycles. The van der Waals surface area contributed by atoms with Crippen molar-refractivity contribution in [1.29, 1.82) is 0 Å². The molecular weight excluding hydrogens is 737 g/mol. The van der Waals surface area contributed by atoms with Crippen LogP contribution in [0.1, 0.15) is 0 Å². The van der Waals surface area contributed by atoms with E-state index in [4.69, 9.17) is 29.9 Å². The number of pyridine rings is 2. The van der Waals surface area contributed by atoms with Crippen LogP contribution in [0.5, 0.6) is 0 Å². The first-order valence-corrected chi connectivity index (χ1v) is 19.7. The lowest BCUT2D eigenvalue weighted by Crippen LogP contribution is -2.02. The largest absolute Gasteiger partial charge is 0.264 e. The van der Waals surface area contributed by atoms with E-state index in [0.717, 1.165) is 87.2 Å². The molecule has 12 rings (SSSR count). The zero-order valence-electron chi connectivity index (χ0n) is 31.9. The molecule has 0 radical (unpaired) electrons. The van der Waals surface area contributed by atoms with Crippen molar-refractivity contribution in [3.8, 4) is 68.3 Å². The van der Waals surface area contributed by atoms with E-state index in [1.807, 2.05) is 48.5 Å². The first kappa shape index (κ1) is 33.7. The van der Waals surface area contributed by atoms with Gasteiger partial charge in [-0.15, -0.1) is 0 Å². The summed E-state index contributed by atoms with van der Waals surface area (Å²) in [5.74, 6) is 3.50. The quantitative estimate of drug-likeness (QED) is 0.154. The number of rotatable bonds is 6. The Balaban J connectivity index is 1.09. The van der Waals surface area contributed by atoms with Crippen LogP contribution in [0.15, 0.2) is 183 Å². The van der Waals surface area contributed by atoms with Crippen molar-refractivity contribution >= 4 is 53.9 Å². The van der Waals surface area contributed by atoms with Gasteiger partial charge in [0.25, 0.3) is 0 Å². The van der Waals surface area contributed by atoms with Crippen molar-refractivity contribution in [3.05, 3.63) is 183 Å². The number of benzene rings is 8. The first-order chi connectivity index (χ1) is 29.7. The molecule has 12 aromatic rings. The second-order valence-electron chi connectivity index (χ2n) is 14.8. The number of hydrogen-bond donors (Lipinski definition) is 0. The molecule has 8 heteroatoms. The average Bonchev–Trinajstić information content (AvgIpc) is 3.33. The summed E-state index contributed by atoms with van der Waals surface area (Å²) in [5, 5.41) is 10.9. The topological polar surface area (TPSA) is 103 Å². The molecule has 0 spiro atoms. The summed E-state index contributed by atoms with van der Waals surface area (Å²) in [6, 6.07) is 54.2. The van der Waals surface area contributed by atoms with Crippen LogP contribution in [-0.4, -0.2) is 39.9 Å². The molecule has 4 heterocycles. The van der Waals surface area contributed by atoms with E-state index in [9.17, 15) is 0 Å². The highest BCUT2D eigenvalue weighted by atomic mass is 15.0. The van der Waals surface area contributed by atoms with Gasteiger partial charge in [0.1, 0.15) is 0 Å². The smallest absolute Gasteiger partial charge is 0.165 e. The maximum atomic E-state index is 5.22. The fraction of sp³-hybridized carbons (Fsp3) is 0. The zero-order chi connectivity index (χ0) is 39.6. The van der Waals surface area contributed by atoms with E-state index in [0.29, 0.717) is 34.9 Å². The standard InChI is InChI=1S/C52H30N8/c1-3-15-37-31(9-1)11-5-17-41(37)49-55-47(35-13-7-27-53-29-35)57-51(59-49)43-25-21-33-20-24-40-44(26-22-34-19-23-39(43)45(33)46(34)40)52-58-48(36-14-8-28-54-30-36)56-50(60-52)42-18-6-12-32-10-2-4-16-38(32)42/h1-30H. The molecule has 0 amide bonds. The van der Waals surface area contributed by atoms with E-state index in [1.165, 1.54) is 0 Å².